The lowest BCUT2D eigenvalue weighted by molar-refractivity contribution is -0.120. The standard InChI is InChI=1S/C27H32N2O3S/c1-20-11-9-10-14-24(20)26(21-12-7-6-8-13-21)28-25(30)19-29(33(5,31)32)23-17-15-22(16-18-23)27(2,3)4/h6-18,26H,19H2,1-5H3,(H,28,30). The van der Waals surface area contributed by atoms with Gasteiger partial charge in [-0.25, -0.2) is 8.42 Å². The first-order valence-corrected chi connectivity index (χ1v) is 12.8. The summed E-state index contributed by atoms with van der Waals surface area (Å²) in [6, 6.07) is 24.5. The number of aryl methyl sites for hydroxylation is 1. The van der Waals surface area contributed by atoms with Gasteiger partial charge >= 0.3 is 0 Å². The normalized spacial score (nSPS) is 12.8. The summed E-state index contributed by atoms with van der Waals surface area (Å²) < 4.78 is 26.3. The van der Waals surface area contributed by atoms with Gasteiger partial charge in [0.25, 0.3) is 0 Å². The number of nitrogens with one attached hydrogen (secondary N) is 1. The summed E-state index contributed by atoms with van der Waals surface area (Å²) in [6.07, 6.45) is 1.12. The molecule has 174 valence electrons. The van der Waals surface area contributed by atoms with Gasteiger partial charge in [-0.1, -0.05) is 87.5 Å². The van der Waals surface area contributed by atoms with Crippen LogP contribution in [0.4, 0.5) is 5.69 Å². The van der Waals surface area contributed by atoms with Crippen molar-refractivity contribution >= 4 is 21.6 Å². The topological polar surface area (TPSA) is 66.5 Å². The summed E-state index contributed by atoms with van der Waals surface area (Å²) in [5, 5.41) is 3.05. The highest BCUT2D eigenvalue weighted by Gasteiger charge is 2.25. The van der Waals surface area contributed by atoms with Crippen molar-refractivity contribution in [3.63, 3.8) is 0 Å². The van der Waals surface area contributed by atoms with Crippen LogP contribution in [0.5, 0.6) is 0 Å². The van der Waals surface area contributed by atoms with Crippen LogP contribution < -0.4 is 9.62 Å². The van der Waals surface area contributed by atoms with Crippen LogP contribution >= 0.6 is 0 Å². The Labute approximate surface area is 197 Å². The minimum atomic E-state index is -3.66. The molecule has 0 aromatic heterocycles. The summed E-state index contributed by atoms with van der Waals surface area (Å²) >= 11 is 0. The third-order valence-electron chi connectivity index (χ3n) is 5.65. The number of carbonyl (C=O) groups is 1. The van der Waals surface area contributed by atoms with Crippen molar-refractivity contribution in [2.75, 3.05) is 17.1 Å². The molecule has 0 aliphatic rings. The number of carbonyl (C=O) groups excluding carboxylic acids is 1. The van der Waals surface area contributed by atoms with Crippen molar-refractivity contribution in [2.24, 2.45) is 0 Å². The molecule has 1 unspecified atom stereocenters. The van der Waals surface area contributed by atoms with E-state index in [1.54, 1.807) is 12.1 Å². The van der Waals surface area contributed by atoms with E-state index in [-0.39, 0.29) is 23.9 Å². The van der Waals surface area contributed by atoms with Crippen molar-refractivity contribution in [1.82, 2.24) is 5.32 Å². The van der Waals surface area contributed by atoms with Crippen LogP contribution in [0.1, 0.15) is 49.1 Å². The second-order valence-corrected chi connectivity index (χ2v) is 11.2. The molecule has 0 saturated carbocycles. The van der Waals surface area contributed by atoms with Gasteiger partial charge in [-0.05, 0) is 46.7 Å². The number of anilines is 1. The SMILES string of the molecule is Cc1ccccc1C(NC(=O)CN(c1ccc(C(C)(C)C)cc1)S(C)(=O)=O)c1ccccc1. The van der Waals surface area contributed by atoms with Gasteiger partial charge in [0.15, 0.2) is 0 Å². The molecule has 33 heavy (non-hydrogen) atoms. The Morgan fingerprint density at radius 3 is 2.03 bits per heavy atom. The molecular weight excluding hydrogens is 432 g/mol. The van der Waals surface area contributed by atoms with E-state index in [0.29, 0.717) is 5.69 Å². The van der Waals surface area contributed by atoms with E-state index in [1.165, 1.54) is 0 Å². The molecule has 6 heteroatoms. The zero-order chi connectivity index (χ0) is 24.2. The van der Waals surface area contributed by atoms with Gasteiger partial charge in [0, 0.05) is 0 Å². The number of amides is 1. The monoisotopic (exact) mass is 464 g/mol. The predicted octanol–water partition coefficient (Wildman–Crippen LogP) is 4.96. The highest BCUT2D eigenvalue weighted by atomic mass is 32.2. The van der Waals surface area contributed by atoms with E-state index in [0.717, 1.165) is 32.8 Å². The highest BCUT2D eigenvalue weighted by Crippen LogP contribution is 2.27. The fourth-order valence-corrected chi connectivity index (χ4v) is 4.62. The summed E-state index contributed by atoms with van der Waals surface area (Å²) in [5.74, 6) is -0.377. The zero-order valence-corrected chi connectivity index (χ0v) is 20.7. The average molecular weight is 465 g/mol. The molecule has 3 rings (SSSR count). The summed E-state index contributed by atoms with van der Waals surface area (Å²) in [4.78, 5) is 13.2. The molecule has 1 amide bonds. The Balaban J connectivity index is 1.89. The lowest BCUT2D eigenvalue weighted by Crippen LogP contribution is -2.42. The Hall–Kier alpha value is -3.12. The molecule has 5 nitrogen and oxygen atoms in total. The molecule has 3 aromatic carbocycles. The largest absolute Gasteiger partial charge is 0.344 e. The molecule has 1 atom stereocenters. The second-order valence-electron chi connectivity index (χ2n) is 9.33. The third kappa shape index (κ3) is 6.23. The summed E-state index contributed by atoms with van der Waals surface area (Å²) in [6.45, 7) is 7.98. The molecule has 3 aromatic rings. The number of benzene rings is 3. The predicted molar refractivity (Wildman–Crippen MR) is 135 cm³/mol. The van der Waals surface area contributed by atoms with Crippen LogP contribution in [0.25, 0.3) is 0 Å². The fourth-order valence-electron chi connectivity index (χ4n) is 3.76. The van der Waals surface area contributed by atoms with E-state index in [1.807, 2.05) is 73.7 Å². The molecule has 0 bridgehead atoms. The Morgan fingerprint density at radius 1 is 0.909 bits per heavy atom. The quantitative estimate of drug-likeness (QED) is 0.537. The Morgan fingerprint density at radius 2 is 1.48 bits per heavy atom. The van der Waals surface area contributed by atoms with Gasteiger partial charge < -0.3 is 5.32 Å². The molecule has 0 aliphatic heterocycles. The number of hydrogen-bond donors (Lipinski definition) is 1. The van der Waals surface area contributed by atoms with Crippen LogP contribution in [-0.2, 0) is 20.2 Å². The van der Waals surface area contributed by atoms with Gasteiger partial charge in [-0.3, -0.25) is 9.10 Å². The minimum Gasteiger partial charge on any atom is -0.344 e. The van der Waals surface area contributed by atoms with Gasteiger partial charge in [0.1, 0.15) is 6.54 Å². The lowest BCUT2D eigenvalue weighted by Gasteiger charge is -2.26. The fraction of sp³-hybridized carbons (Fsp3) is 0.296. The second kappa shape index (κ2) is 9.79. The average Bonchev–Trinajstić information content (AvgIpc) is 2.76. The Bertz CT molecular complexity index is 1200. The van der Waals surface area contributed by atoms with Crippen molar-refractivity contribution < 1.29 is 13.2 Å². The van der Waals surface area contributed by atoms with E-state index in [4.69, 9.17) is 0 Å². The van der Waals surface area contributed by atoms with Gasteiger partial charge in [0.2, 0.25) is 15.9 Å². The van der Waals surface area contributed by atoms with Crippen molar-refractivity contribution in [2.45, 2.75) is 39.2 Å². The van der Waals surface area contributed by atoms with Crippen molar-refractivity contribution in [3.05, 3.63) is 101 Å². The maximum absolute atomic E-state index is 13.2. The number of hydrogen-bond acceptors (Lipinski definition) is 3. The first-order chi connectivity index (χ1) is 15.5. The molecule has 0 aliphatic carbocycles. The minimum absolute atomic E-state index is 0.0533. The summed E-state index contributed by atoms with van der Waals surface area (Å²) in [7, 11) is -3.66. The van der Waals surface area contributed by atoms with E-state index in [9.17, 15) is 13.2 Å². The first kappa shape index (κ1) is 24.5. The highest BCUT2D eigenvalue weighted by molar-refractivity contribution is 7.92. The number of rotatable bonds is 7. The van der Waals surface area contributed by atoms with E-state index < -0.39 is 10.0 Å². The van der Waals surface area contributed by atoms with Crippen LogP contribution in [0, 0.1) is 6.92 Å². The van der Waals surface area contributed by atoms with Crippen molar-refractivity contribution in [3.8, 4) is 0 Å². The molecule has 0 saturated heterocycles. The molecule has 0 heterocycles. The molecule has 0 radical (unpaired) electrons. The maximum Gasteiger partial charge on any atom is 0.241 e. The molecule has 1 N–H and O–H groups in total. The van der Waals surface area contributed by atoms with Crippen molar-refractivity contribution in [1.29, 1.82) is 0 Å². The third-order valence-corrected chi connectivity index (χ3v) is 6.79. The van der Waals surface area contributed by atoms with Gasteiger partial charge in [-0.2, -0.15) is 0 Å². The lowest BCUT2D eigenvalue weighted by atomic mass is 9.87. The number of nitrogens with zero attached hydrogens (tertiary/aromatic N) is 1. The summed E-state index contributed by atoms with van der Waals surface area (Å²) in [5.41, 5.74) is 4.45. The van der Waals surface area contributed by atoms with Gasteiger partial charge in [-0.15, -0.1) is 0 Å². The first-order valence-electron chi connectivity index (χ1n) is 10.9. The number of sulfonamides is 1. The Kier molecular flexibility index (Phi) is 7.28. The van der Waals surface area contributed by atoms with Crippen LogP contribution in [-0.4, -0.2) is 27.1 Å². The smallest absolute Gasteiger partial charge is 0.241 e. The molecular formula is C27H32N2O3S. The van der Waals surface area contributed by atoms with E-state index >= 15 is 0 Å². The zero-order valence-electron chi connectivity index (χ0n) is 19.9. The van der Waals surface area contributed by atoms with E-state index in [2.05, 4.69) is 26.1 Å². The molecule has 0 fully saturated rings. The van der Waals surface area contributed by atoms with Crippen LogP contribution in [0.2, 0.25) is 0 Å². The molecule has 0 spiro atoms. The van der Waals surface area contributed by atoms with Crippen LogP contribution in [0.3, 0.4) is 0 Å². The van der Waals surface area contributed by atoms with Gasteiger partial charge in [0.05, 0.1) is 18.0 Å². The maximum atomic E-state index is 13.2. The van der Waals surface area contributed by atoms with Crippen LogP contribution in [0.15, 0.2) is 78.9 Å².